The Morgan fingerprint density at radius 3 is 1.13 bits per heavy atom. The van der Waals surface area contributed by atoms with E-state index in [0.29, 0.717) is 0 Å². The van der Waals surface area contributed by atoms with Gasteiger partial charge in [0.25, 0.3) is 0 Å². The molecule has 0 aliphatic rings. The van der Waals surface area contributed by atoms with Crippen LogP contribution in [0, 0.1) is 0 Å². The van der Waals surface area contributed by atoms with Gasteiger partial charge in [-0.3, -0.25) is 0 Å². The minimum atomic E-state index is 1.19. The first-order chi connectivity index (χ1) is 22.3. The first kappa shape index (κ1) is 45.2. The summed E-state index contributed by atoms with van der Waals surface area (Å²) < 4.78 is 2.37. The van der Waals surface area contributed by atoms with Crippen molar-refractivity contribution in [2.75, 3.05) is 0 Å². The molecular formula is C43H80N2+2. The number of aryl methyl sites for hydroxylation is 3. The number of nitrogens with one attached hydrogen (secondary N) is 1. The van der Waals surface area contributed by atoms with Crippen molar-refractivity contribution >= 4 is 0 Å². The molecule has 0 fully saturated rings. The van der Waals surface area contributed by atoms with E-state index in [9.17, 15) is 0 Å². The summed E-state index contributed by atoms with van der Waals surface area (Å²) in [7, 11) is 0. The average Bonchev–Trinajstić information content (AvgIpc) is 3.09. The number of nitrogens with zero attached hydrogens (tertiary/aromatic N) is 1. The van der Waals surface area contributed by atoms with Crippen molar-refractivity contribution in [1.29, 1.82) is 0 Å². The van der Waals surface area contributed by atoms with E-state index in [1.165, 1.54) is 178 Å². The Hall–Kier alpha value is -1.96. The Balaban J connectivity index is 0. The Labute approximate surface area is 284 Å². The monoisotopic (exact) mass is 625 g/mol. The second-order valence-electron chi connectivity index (χ2n) is 12.4. The summed E-state index contributed by atoms with van der Waals surface area (Å²) in [6.45, 7) is 18.0. The molecule has 0 bridgehead atoms. The normalized spacial score (nSPS) is 10.2. The van der Waals surface area contributed by atoms with Crippen LogP contribution in [0.25, 0.3) is 0 Å². The van der Waals surface area contributed by atoms with Crippen molar-refractivity contribution in [2.24, 2.45) is 0 Å². The third-order valence-electron chi connectivity index (χ3n) is 8.41. The molecule has 2 nitrogen and oxygen atoms in total. The Bertz CT molecular complexity index is 770. The number of hydrogen-bond donors (Lipinski definition) is 0. The van der Waals surface area contributed by atoms with Crippen molar-refractivity contribution in [3.8, 4) is 0 Å². The quantitative estimate of drug-likeness (QED) is 0.0563. The summed E-state index contributed by atoms with van der Waals surface area (Å²) in [5.74, 6) is 0. The van der Waals surface area contributed by atoms with Crippen LogP contribution in [-0.4, -0.2) is 0 Å². The molecule has 0 atom stereocenters. The van der Waals surface area contributed by atoms with Crippen LogP contribution in [0.2, 0.25) is 0 Å². The topological polar surface area (TPSA) is 18.0 Å². The van der Waals surface area contributed by atoms with Crippen LogP contribution in [0.1, 0.15) is 193 Å². The zero-order chi connectivity index (χ0) is 33.5. The lowest BCUT2D eigenvalue weighted by atomic mass is 10.0. The summed E-state index contributed by atoms with van der Waals surface area (Å²) >= 11 is 0. The lowest BCUT2D eigenvalue weighted by Crippen LogP contribution is -2.32. The predicted molar refractivity (Wildman–Crippen MR) is 203 cm³/mol. The summed E-state index contributed by atoms with van der Waals surface area (Å²) in [5.41, 5.74) is 2.94. The van der Waals surface area contributed by atoms with Crippen molar-refractivity contribution in [2.45, 2.75) is 202 Å². The molecule has 0 amide bonds. The van der Waals surface area contributed by atoms with E-state index in [-0.39, 0.29) is 0 Å². The first-order valence-corrected chi connectivity index (χ1v) is 19.7. The SMILES string of the molecule is C=C.CC.CCCCCCCCCCCCCCCCCCC[n+]1ccc(CCCCC)cc1.CCCCCc1cc[nH+]cc1. The molecule has 0 spiro atoms. The standard InChI is InChI=1S/C29H54N.C10H15N.C2H6.C2H4/c1-3-5-7-8-9-10-11-12-13-14-15-16-17-18-19-20-22-26-30-27-24-29(25-28-30)23-21-6-4-2;1-2-3-4-5-10-6-8-11-9-7-10;2*1-2/h24-25,27-28H,3-23,26H2,1-2H3;6-9H,2-5H2,1H3;1-2H3;1-2H2/q+1;;;/p+1. The number of unbranched alkanes of at least 4 members (excludes halogenated alkanes) is 20. The van der Waals surface area contributed by atoms with E-state index in [0.717, 1.165) is 0 Å². The van der Waals surface area contributed by atoms with Gasteiger partial charge in [-0.05, 0) is 43.2 Å². The van der Waals surface area contributed by atoms with Crippen molar-refractivity contribution < 1.29 is 9.55 Å². The second kappa shape index (κ2) is 40.1. The Kier molecular flexibility index (Phi) is 40.2. The minimum Gasteiger partial charge on any atom is -0.218 e. The molecule has 0 aromatic carbocycles. The second-order valence-corrected chi connectivity index (χ2v) is 12.4. The van der Waals surface area contributed by atoms with Crippen LogP contribution < -0.4 is 9.55 Å². The highest BCUT2D eigenvalue weighted by atomic mass is 14.9. The van der Waals surface area contributed by atoms with E-state index in [4.69, 9.17) is 0 Å². The van der Waals surface area contributed by atoms with Gasteiger partial charge in [0.05, 0.1) is 0 Å². The van der Waals surface area contributed by atoms with E-state index >= 15 is 0 Å². The van der Waals surface area contributed by atoms with Gasteiger partial charge in [0.1, 0.15) is 6.54 Å². The summed E-state index contributed by atoms with van der Waals surface area (Å²) in [6.07, 6.45) is 43.6. The van der Waals surface area contributed by atoms with Gasteiger partial charge in [-0.1, -0.05) is 157 Å². The fraction of sp³-hybridized carbons (Fsp3) is 0.721. The van der Waals surface area contributed by atoms with E-state index in [1.54, 1.807) is 0 Å². The Morgan fingerprint density at radius 2 is 0.756 bits per heavy atom. The Morgan fingerprint density at radius 1 is 0.444 bits per heavy atom. The summed E-state index contributed by atoms with van der Waals surface area (Å²) in [6, 6.07) is 8.94. The van der Waals surface area contributed by atoms with Gasteiger partial charge in [-0.25, -0.2) is 9.55 Å². The molecule has 0 aliphatic heterocycles. The van der Waals surface area contributed by atoms with Crippen LogP contribution in [0.4, 0.5) is 0 Å². The molecule has 2 heterocycles. The van der Waals surface area contributed by atoms with Gasteiger partial charge in [-0.15, -0.1) is 13.2 Å². The molecular weight excluding hydrogens is 544 g/mol. The van der Waals surface area contributed by atoms with Crippen LogP contribution in [0.3, 0.4) is 0 Å². The minimum absolute atomic E-state index is 1.19. The molecule has 1 N–H and O–H groups in total. The largest absolute Gasteiger partial charge is 0.218 e. The summed E-state index contributed by atoms with van der Waals surface area (Å²) in [5, 5.41) is 0. The van der Waals surface area contributed by atoms with Gasteiger partial charge < -0.3 is 0 Å². The van der Waals surface area contributed by atoms with Gasteiger partial charge in [0.2, 0.25) is 0 Å². The van der Waals surface area contributed by atoms with E-state index in [2.05, 4.69) is 80.1 Å². The number of aromatic nitrogens is 2. The number of H-pyrrole nitrogens is 1. The smallest absolute Gasteiger partial charge is 0.169 e. The summed E-state index contributed by atoms with van der Waals surface area (Å²) in [4.78, 5) is 3.02. The highest BCUT2D eigenvalue weighted by Gasteiger charge is 2.01. The maximum Gasteiger partial charge on any atom is 0.169 e. The third kappa shape index (κ3) is 33.2. The number of rotatable bonds is 26. The number of hydrogen-bond acceptors (Lipinski definition) is 0. The van der Waals surface area contributed by atoms with Crippen molar-refractivity contribution in [3.63, 3.8) is 0 Å². The van der Waals surface area contributed by atoms with Crippen LogP contribution in [-0.2, 0) is 19.4 Å². The van der Waals surface area contributed by atoms with Gasteiger partial charge in [0.15, 0.2) is 24.8 Å². The van der Waals surface area contributed by atoms with Crippen LogP contribution in [0.15, 0.2) is 62.2 Å². The zero-order valence-electron chi connectivity index (χ0n) is 31.4. The van der Waals surface area contributed by atoms with Crippen molar-refractivity contribution in [3.05, 3.63) is 73.3 Å². The van der Waals surface area contributed by atoms with Gasteiger partial charge in [-0.2, -0.15) is 0 Å². The molecule has 260 valence electrons. The van der Waals surface area contributed by atoms with Crippen molar-refractivity contribution in [1.82, 2.24) is 0 Å². The zero-order valence-corrected chi connectivity index (χ0v) is 31.4. The van der Waals surface area contributed by atoms with E-state index in [1.807, 2.05) is 26.2 Å². The fourth-order valence-electron chi connectivity index (χ4n) is 5.57. The highest BCUT2D eigenvalue weighted by molar-refractivity contribution is 5.07. The van der Waals surface area contributed by atoms with Gasteiger partial charge in [0, 0.05) is 30.7 Å². The first-order valence-electron chi connectivity index (χ1n) is 19.7. The molecule has 0 saturated carbocycles. The molecule has 2 heteroatoms. The molecule has 0 saturated heterocycles. The molecule has 45 heavy (non-hydrogen) atoms. The number of aromatic amines is 1. The molecule has 2 rings (SSSR count). The maximum absolute atomic E-state index is 3.02. The molecule has 0 aliphatic carbocycles. The third-order valence-corrected chi connectivity index (χ3v) is 8.41. The van der Waals surface area contributed by atoms with Crippen LogP contribution >= 0.6 is 0 Å². The molecule has 2 aromatic heterocycles. The maximum atomic E-state index is 3.02. The predicted octanol–water partition coefficient (Wildman–Crippen LogP) is 13.4. The highest BCUT2D eigenvalue weighted by Crippen LogP contribution is 2.14. The average molecular weight is 625 g/mol. The molecule has 0 unspecified atom stereocenters. The molecule has 0 radical (unpaired) electrons. The van der Waals surface area contributed by atoms with Gasteiger partial charge >= 0.3 is 0 Å². The lowest BCUT2D eigenvalue weighted by molar-refractivity contribution is -0.697. The van der Waals surface area contributed by atoms with E-state index < -0.39 is 0 Å². The lowest BCUT2D eigenvalue weighted by Gasteiger charge is -2.03. The molecule has 2 aromatic rings. The fourth-order valence-corrected chi connectivity index (χ4v) is 5.57. The number of pyridine rings is 2. The van der Waals surface area contributed by atoms with Crippen LogP contribution in [0.5, 0.6) is 0 Å².